The van der Waals surface area contributed by atoms with Gasteiger partial charge in [-0.15, -0.1) is 0 Å². The second kappa shape index (κ2) is 4.68. The zero-order chi connectivity index (χ0) is 16.2. The van der Waals surface area contributed by atoms with Gasteiger partial charge < -0.3 is 9.47 Å². The average Bonchev–Trinajstić information content (AvgIpc) is 2.76. The lowest BCUT2D eigenvalue weighted by atomic mass is 9.53. The summed E-state index contributed by atoms with van der Waals surface area (Å²) in [6.45, 7) is 1.98. The first-order valence-electron chi connectivity index (χ1n) is 7.47. The smallest absolute Gasteiger partial charge is 0.334 e. The van der Waals surface area contributed by atoms with Crippen LogP contribution < -0.4 is 5.32 Å². The van der Waals surface area contributed by atoms with Crippen molar-refractivity contribution in [2.24, 2.45) is 17.8 Å². The molecule has 1 aliphatic carbocycles. The van der Waals surface area contributed by atoms with Gasteiger partial charge >= 0.3 is 5.97 Å². The molecule has 3 aliphatic rings. The molecule has 0 aromatic heterocycles. The number of esters is 1. The van der Waals surface area contributed by atoms with Crippen LogP contribution in [0.3, 0.4) is 0 Å². The van der Waals surface area contributed by atoms with Crippen LogP contribution in [0.4, 0.5) is 0 Å². The number of hydrogen-bond donors (Lipinski definition) is 1. The fourth-order valence-electron chi connectivity index (χ4n) is 3.90. The summed E-state index contributed by atoms with van der Waals surface area (Å²) < 4.78 is 11.2. The lowest BCUT2D eigenvalue weighted by molar-refractivity contribution is -0.212. The number of amides is 2. The number of carbonyl (C=O) groups excluding carboxylic acids is 3. The Labute approximate surface area is 132 Å². The molecular weight excluding hydrogens is 298 g/mol. The monoisotopic (exact) mass is 313 g/mol. The summed E-state index contributed by atoms with van der Waals surface area (Å²) in [5.41, 5.74) is -0.0597. The molecule has 2 heterocycles. The van der Waals surface area contributed by atoms with Gasteiger partial charge in [0.2, 0.25) is 11.8 Å². The molecule has 1 saturated carbocycles. The first-order chi connectivity index (χ1) is 11.0. The molecule has 4 atom stereocenters. The highest BCUT2D eigenvalue weighted by molar-refractivity contribution is 6.08. The molecule has 0 radical (unpaired) electrons. The molecule has 0 spiro atoms. The Morgan fingerprint density at radius 2 is 1.87 bits per heavy atom. The van der Waals surface area contributed by atoms with Crippen molar-refractivity contribution < 1.29 is 23.9 Å². The van der Waals surface area contributed by atoms with E-state index >= 15 is 0 Å². The summed E-state index contributed by atoms with van der Waals surface area (Å²) in [7, 11) is 0. The Morgan fingerprint density at radius 3 is 2.61 bits per heavy atom. The quantitative estimate of drug-likeness (QED) is 0.663. The second-order valence-corrected chi connectivity index (χ2v) is 6.26. The lowest BCUT2D eigenvalue weighted by Crippen LogP contribution is -2.66. The molecule has 6 heteroatoms. The van der Waals surface area contributed by atoms with Gasteiger partial charge in [0.1, 0.15) is 18.0 Å². The third kappa shape index (κ3) is 1.91. The number of rotatable bonds is 3. The molecule has 1 aromatic rings. The van der Waals surface area contributed by atoms with E-state index in [9.17, 15) is 14.4 Å². The first kappa shape index (κ1) is 14.0. The van der Waals surface area contributed by atoms with Gasteiger partial charge in [-0.3, -0.25) is 14.9 Å². The Balaban J connectivity index is 1.61. The molecule has 118 valence electrons. The van der Waals surface area contributed by atoms with Gasteiger partial charge in [-0.1, -0.05) is 30.3 Å². The summed E-state index contributed by atoms with van der Waals surface area (Å²) in [5, 5.41) is 2.32. The highest BCUT2D eigenvalue weighted by Gasteiger charge is 2.73. The predicted octanol–water partition coefficient (Wildman–Crippen LogP) is 0.921. The SMILES string of the molecule is C[C@]12OC(=O)C=C(OCc3ccccc3)[C@H]1[C@H]1C(=O)NC(=O)[C@H]12. The number of carbonyl (C=O) groups is 3. The molecule has 1 aromatic carbocycles. The summed E-state index contributed by atoms with van der Waals surface area (Å²) in [5.74, 6) is -2.41. The average molecular weight is 313 g/mol. The van der Waals surface area contributed by atoms with Crippen molar-refractivity contribution in [2.75, 3.05) is 0 Å². The number of benzene rings is 1. The maximum Gasteiger partial charge on any atom is 0.334 e. The van der Waals surface area contributed by atoms with Crippen LogP contribution in [-0.2, 0) is 30.5 Å². The summed E-state index contributed by atoms with van der Waals surface area (Å²) >= 11 is 0. The van der Waals surface area contributed by atoms with Crippen molar-refractivity contribution in [3.8, 4) is 0 Å². The van der Waals surface area contributed by atoms with Crippen molar-refractivity contribution in [2.45, 2.75) is 19.1 Å². The molecule has 23 heavy (non-hydrogen) atoms. The first-order valence-corrected chi connectivity index (χ1v) is 7.47. The van der Waals surface area contributed by atoms with E-state index in [0.29, 0.717) is 12.4 Å². The zero-order valence-corrected chi connectivity index (χ0v) is 12.4. The van der Waals surface area contributed by atoms with E-state index in [0.717, 1.165) is 5.56 Å². The number of fused-ring (bicyclic) bond motifs is 4. The van der Waals surface area contributed by atoms with Crippen LogP contribution in [-0.4, -0.2) is 23.4 Å². The van der Waals surface area contributed by atoms with Gasteiger partial charge in [-0.2, -0.15) is 0 Å². The van der Waals surface area contributed by atoms with E-state index in [1.807, 2.05) is 30.3 Å². The third-order valence-corrected chi connectivity index (χ3v) is 4.92. The van der Waals surface area contributed by atoms with E-state index in [1.54, 1.807) is 6.92 Å². The van der Waals surface area contributed by atoms with Gasteiger partial charge in [0, 0.05) is 0 Å². The highest BCUT2D eigenvalue weighted by Crippen LogP contribution is 2.58. The lowest BCUT2D eigenvalue weighted by Gasteiger charge is -2.54. The third-order valence-electron chi connectivity index (χ3n) is 4.92. The van der Waals surface area contributed by atoms with Crippen LogP contribution in [0.15, 0.2) is 42.2 Å². The second-order valence-electron chi connectivity index (χ2n) is 6.26. The van der Waals surface area contributed by atoms with Gasteiger partial charge in [-0.05, 0) is 12.5 Å². The van der Waals surface area contributed by atoms with Crippen molar-refractivity contribution in [1.82, 2.24) is 5.32 Å². The molecule has 6 nitrogen and oxygen atoms in total. The van der Waals surface area contributed by atoms with E-state index in [1.165, 1.54) is 6.08 Å². The molecule has 1 saturated heterocycles. The van der Waals surface area contributed by atoms with Crippen LogP contribution >= 0.6 is 0 Å². The number of ether oxygens (including phenoxy) is 2. The maximum absolute atomic E-state index is 12.0. The van der Waals surface area contributed by atoms with Gasteiger partial charge in [0.25, 0.3) is 0 Å². The number of imide groups is 1. The van der Waals surface area contributed by atoms with Crippen LogP contribution in [0.5, 0.6) is 0 Å². The maximum atomic E-state index is 12.0. The molecule has 0 unspecified atom stereocenters. The number of hydrogen-bond acceptors (Lipinski definition) is 5. The van der Waals surface area contributed by atoms with Crippen LogP contribution in [0.25, 0.3) is 0 Å². The topological polar surface area (TPSA) is 81.7 Å². The van der Waals surface area contributed by atoms with Gasteiger partial charge in [0.15, 0.2) is 0 Å². The largest absolute Gasteiger partial charge is 0.492 e. The van der Waals surface area contributed by atoms with E-state index in [-0.39, 0.29) is 11.8 Å². The molecule has 1 N–H and O–H groups in total. The van der Waals surface area contributed by atoms with Gasteiger partial charge in [-0.25, -0.2) is 4.79 Å². The van der Waals surface area contributed by atoms with Crippen molar-refractivity contribution in [3.05, 3.63) is 47.7 Å². The standard InChI is InChI=1S/C17H15NO5/c1-17-13(12-14(17)16(21)18-15(12)20)10(7-11(19)23-17)22-8-9-5-3-2-4-6-9/h2-7,12-14H,8H2,1H3,(H,18,20,21)/t12-,13+,14+,17+/m1/s1. The molecule has 2 fully saturated rings. The van der Waals surface area contributed by atoms with Crippen LogP contribution in [0.2, 0.25) is 0 Å². The fourth-order valence-corrected chi connectivity index (χ4v) is 3.90. The molecule has 2 amide bonds. The summed E-state index contributed by atoms with van der Waals surface area (Å²) in [6.07, 6.45) is 1.28. The van der Waals surface area contributed by atoms with Crippen molar-refractivity contribution >= 4 is 17.8 Å². The minimum Gasteiger partial charge on any atom is -0.492 e. The normalized spacial score (nSPS) is 34.6. The van der Waals surface area contributed by atoms with E-state index in [4.69, 9.17) is 9.47 Å². The predicted molar refractivity (Wildman–Crippen MR) is 77.4 cm³/mol. The van der Waals surface area contributed by atoms with Gasteiger partial charge in [0.05, 0.1) is 23.8 Å². The Morgan fingerprint density at radius 1 is 1.13 bits per heavy atom. The zero-order valence-electron chi connectivity index (χ0n) is 12.4. The summed E-state index contributed by atoms with van der Waals surface area (Å²) in [4.78, 5) is 35.8. The van der Waals surface area contributed by atoms with Crippen molar-refractivity contribution in [1.29, 1.82) is 0 Å². The molecular formula is C17H15NO5. The van der Waals surface area contributed by atoms with E-state index in [2.05, 4.69) is 5.32 Å². The fraction of sp³-hybridized carbons (Fsp3) is 0.353. The molecule has 2 aliphatic heterocycles. The minimum absolute atomic E-state index is 0.291. The summed E-state index contributed by atoms with van der Waals surface area (Å²) in [6, 6.07) is 9.53. The van der Waals surface area contributed by atoms with Crippen LogP contribution in [0.1, 0.15) is 12.5 Å². The Bertz CT molecular complexity index is 741. The van der Waals surface area contributed by atoms with Crippen molar-refractivity contribution in [3.63, 3.8) is 0 Å². The molecule has 0 bridgehead atoms. The molecule has 4 rings (SSSR count). The van der Waals surface area contributed by atoms with Crippen LogP contribution in [0, 0.1) is 17.8 Å². The minimum atomic E-state index is -1.02. The Kier molecular flexibility index (Phi) is 2.85. The van der Waals surface area contributed by atoms with E-state index < -0.39 is 29.3 Å². The Hall–Kier alpha value is -2.63. The number of nitrogens with one attached hydrogen (secondary N) is 1. The highest BCUT2D eigenvalue weighted by atomic mass is 16.6.